The number of benzene rings is 1. The second-order valence-corrected chi connectivity index (χ2v) is 12.7. The first-order chi connectivity index (χ1) is 18.1. The van der Waals surface area contributed by atoms with Crippen molar-refractivity contribution >= 4 is 17.9 Å². The van der Waals surface area contributed by atoms with E-state index < -0.39 is 23.8 Å². The minimum atomic E-state index is -0.845. The van der Waals surface area contributed by atoms with Gasteiger partial charge in [-0.3, -0.25) is 9.59 Å². The second kappa shape index (κ2) is 15.9. The van der Waals surface area contributed by atoms with Crippen molar-refractivity contribution in [2.24, 2.45) is 11.8 Å². The van der Waals surface area contributed by atoms with Crippen LogP contribution in [0.25, 0.3) is 0 Å². The molecule has 1 aromatic rings. The Bertz CT molecular complexity index is 936. The lowest BCUT2D eigenvalue weighted by molar-refractivity contribution is -0.146. The van der Waals surface area contributed by atoms with Gasteiger partial charge in [0, 0.05) is 12.6 Å². The SMILES string of the molecule is CCCCCNC(=O)C(c1ccc(C)cc1C)N(C(=O)C(NC(=O)OC(C)(C)C)C(C)C)C(C)CCC(C)C. The quantitative estimate of drug-likeness (QED) is 0.250. The number of nitrogens with one attached hydrogen (secondary N) is 2. The van der Waals surface area contributed by atoms with E-state index in [1.807, 2.05) is 52.8 Å². The van der Waals surface area contributed by atoms with Gasteiger partial charge < -0.3 is 20.3 Å². The number of rotatable bonds is 14. The van der Waals surface area contributed by atoms with Crippen LogP contribution in [0, 0.1) is 25.7 Å². The monoisotopic (exact) mass is 545 g/mol. The normalized spacial score (nSPS) is 14.1. The van der Waals surface area contributed by atoms with Crippen molar-refractivity contribution in [3.8, 4) is 0 Å². The molecule has 0 radical (unpaired) electrons. The average molecular weight is 546 g/mol. The molecule has 0 bridgehead atoms. The van der Waals surface area contributed by atoms with Crippen molar-refractivity contribution < 1.29 is 19.1 Å². The number of hydrogen-bond donors (Lipinski definition) is 2. The molecule has 39 heavy (non-hydrogen) atoms. The first-order valence-corrected chi connectivity index (χ1v) is 14.8. The maximum atomic E-state index is 14.4. The summed E-state index contributed by atoms with van der Waals surface area (Å²) in [4.78, 5) is 42.8. The van der Waals surface area contributed by atoms with Gasteiger partial charge >= 0.3 is 6.09 Å². The third-order valence-corrected chi connectivity index (χ3v) is 6.82. The molecule has 0 saturated carbocycles. The van der Waals surface area contributed by atoms with Crippen LogP contribution in [-0.2, 0) is 14.3 Å². The van der Waals surface area contributed by atoms with E-state index in [1.54, 1.807) is 25.7 Å². The molecule has 0 aliphatic heterocycles. The lowest BCUT2D eigenvalue weighted by atomic mass is 9.92. The maximum absolute atomic E-state index is 14.4. The Labute approximate surface area is 237 Å². The number of aryl methyl sites for hydroxylation is 2. The van der Waals surface area contributed by atoms with Gasteiger partial charge in [-0.2, -0.15) is 0 Å². The fourth-order valence-corrected chi connectivity index (χ4v) is 4.65. The largest absolute Gasteiger partial charge is 0.444 e. The van der Waals surface area contributed by atoms with Crippen LogP contribution < -0.4 is 10.6 Å². The van der Waals surface area contributed by atoms with E-state index in [2.05, 4.69) is 31.4 Å². The highest BCUT2D eigenvalue weighted by molar-refractivity contribution is 5.92. The topological polar surface area (TPSA) is 87.7 Å². The fraction of sp³-hybridized carbons (Fsp3) is 0.719. The highest BCUT2D eigenvalue weighted by Gasteiger charge is 2.40. The summed E-state index contributed by atoms with van der Waals surface area (Å²) in [7, 11) is 0. The van der Waals surface area contributed by atoms with Crippen LogP contribution in [0.1, 0.15) is 117 Å². The van der Waals surface area contributed by atoms with Gasteiger partial charge in [0.15, 0.2) is 0 Å². The molecule has 0 saturated heterocycles. The van der Waals surface area contributed by atoms with Crippen molar-refractivity contribution in [3.63, 3.8) is 0 Å². The van der Waals surface area contributed by atoms with Gasteiger partial charge in [-0.15, -0.1) is 0 Å². The van der Waals surface area contributed by atoms with Crippen LogP contribution in [0.2, 0.25) is 0 Å². The lowest BCUT2D eigenvalue weighted by Crippen LogP contribution is -2.57. The van der Waals surface area contributed by atoms with Crippen molar-refractivity contribution in [1.29, 1.82) is 0 Å². The number of carbonyl (C=O) groups is 3. The summed E-state index contributed by atoms with van der Waals surface area (Å²) in [6.45, 7) is 22.2. The minimum absolute atomic E-state index is 0.192. The molecule has 7 nitrogen and oxygen atoms in total. The number of hydrogen-bond acceptors (Lipinski definition) is 4. The van der Waals surface area contributed by atoms with Crippen LogP contribution in [0.3, 0.4) is 0 Å². The third kappa shape index (κ3) is 11.6. The van der Waals surface area contributed by atoms with Crippen LogP contribution in [0.5, 0.6) is 0 Å². The Morgan fingerprint density at radius 2 is 1.62 bits per heavy atom. The highest BCUT2D eigenvalue weighted by Crippen LogP contribution is 2.31. The van der Waals surface area contributed by atoms with Gasteiger partial charge in [0.2, 0.25) is 11.8 Å². The van der Waals surface area contributed by atoms with Crippen molar-refractivity contribution in [2.75, 3.05) is 6.54 Å². The molecular formula is C32H55N3O4. The first-order valence-electron chi connectivity index (χ1n) is 14.8. The van der Waals surface area contributed by atoms with Crippen molar-refractivity contribution in [2.45, 2.75) is 132 Å². The molecule has 222 valence electrons. The lowest BCUT2D eigenvalue weighted by Gasteiger charge is -2.40. The third-order valence-electron chi connectivity index (χ3n) is 6.82. The minimum Gasteiger partial charge on any atom is -0.444 e. The Morgan fingerprint density at radius 3 is 2.13 bits per heavy atom. The van der Waals surface area contributed by atoms with E-state index in [9.17, 15) is 14.4 Å². The molecule has 3 amide bonds. The van der Waals surface area contributed by atoms with Gasteiger partial charge in [0.25, 0.3) is 0 Å². The molecule has 1 rings (SSSR count). The molecule has 0 heterocycles. The summed E-state index contributed by atoms with van der Waals surface area (Å²) in [6.07, 6.45) is 3.97. The Hall–Kier alpha value is -2.57. The molecular weight excluding hydrogens is 490 g/mol. The van der Waals surface area contributed by atoms with Crippen LogP contribution in [0.4, 0.5) is 4.79 Å². The molecule has 0 aromatic heterocycles. The summed E-state index contributed by atoms with van der Waals surface area (Å²) in [5, 5.41) is 5.93. The number of ether oxygens (including phenoxy) is 1. The second-order valence-electron chi connectivity index (χ2n) is 12.7. The number of alkyl carbamates (subject to hydrolysis) is 1. The molecule has 3 atom stereocenters. The van der Waals surface area contributed by atoms with Gasteiger partial charge in [0.1, 0.15) is 17.7 Å². The van der Waals surface area contributed by atoms with Crippen molar-refractivity contribution in [1.82, 2.24) is 15.5 Å². The van der Waals surface area contributed by atoms with E-state index in [1.165, 1.54) is 0 Å². The summed E-state index contributed by atoms with van der Waals surface area (Å²) in [6, 6.07) is 4.11. The molecule has 0 fully saturated rings. The molecule has 3 unspecified atom stereocenters. The molecule has 0 aliphatic rings. The Balaban J connectivity index is 3.61. The summed E-state index contributed by atoms with van der Waals surface area (Å²) in [5.41, 5.74) is 2.16. The van der Waals surface area contributed by atoms with E-state index in [-0.39, 0.29) is 23.8 Å². The average Bonchev–Trinajstić information content (AvgIpc) is 2.81. The van der Waals surface area contributed by atoms with Gasteiger partial charge in [-0.25, -0.2) is 4.79 Å². The predicted octanol–water partition coefficient (Wildman–Crippen LogP) is 6.85. The van der Waals surface area contributed by atoms with Gasteiger partial charge in [-0.05, 0) is 83.8 Å². The number of nitrogens with zero attached hydrogens (tertiary/aromatic N) is 1. The van der Waals surface area contributed by atoms with E-state index >= 15 is 0 Å². The standard InChI is InChI=1S/C32H55N3O4/c1-12-13-14-19-33-29(36)28(26-18-16-23(6)20-24(26)7)35(25(8)17-15-21(2)3)30(37)27(22(4)5)34-31(38)39-32(9,10)11/h16,18,20-22,25,27-28H,12-15,17,19H2,1-11H3,(H,33,36)(H,34,38). The van der Waals surface area contributed by atoms with Gasteiger partial charge in [-0.1, -0.05) is 71.2 Å². The molecule has 2 N–H and O–H groups in total. The van der Waals surface area contributed by atoms with Crippen molar-refractivity contribution in [3.05, 3.63) is 34.9 Å². The number of amides is 3. The highest BCUT2D eigenvalue weighted by atomic mass is 16.6. The molecule has 1 aromatic carbocycles. The zero-order valence-electron chi connectivity index (χ0n) is 26.4. The van der Waals surface area contributed by atoms with E-state index in [0.717, 1.165) is 48.8 Å². The molecule has 0 spiro atoms. The van der Waals surface area contributed by atoms with Crippen LogP contribution >= 0.6 is 0 Å². The Morgan fingerprint density at radius 1 is 0.974 bits per heavy atom. The number of unbranched alkanes of at least 4 members (excludes halogenated alkanes) is 2. The smallest absolute Gasteiger partial charge is 0.408 e. The summed E-state index contributed by atoms with van der Waals surface area (Å²) < 4.78 is 5.49. The summed E-state index contributed by atoms with van der Waals surface area (Å²) in [5.74, 6) is -0.229. The summed E-state index contributed by atoms with van der Waals surface area (Å²) >= 11 is 0. The maximum Gasteiger partial charge on any atom is 0.408 e. The predicted molar refractivity (Wildman–Crippen MR) is 160 cm³/mol. The van der Waals surface area contributed by atoms with Crippen LogP contribution in [-0.4, -0.2) is 47.0 Å². The number of carbonyl (C=O) groups excluding carboxylic acids is 3. The van der Waals surface area contributed by atoms with E-state index in [4.69, 9.17) is 4.74 Å². The first kappa shape index (κ1) is 34.5. The zero-order chi connectivity index (χ0) is 29.9. The van der Waals surface area contributed by atoms with Gasteiger partial charge in [0.05, 0.1) is 0 Å². The molecule has 7 heteroatoms. The van der Waals surface area contributed by atoms with E-state index in [0.29, 0.717) is 12.5 Å². The Kier molecular flexibility index (Phi) is 14.0. The zero-order valence-corrected chi connectivity index (χ0v) is 26.4. The van der Waals surface area contributed by atoms with Crippen LogP contribution in [0.15, 0.2) is 18.2 Å². The molecule has 0 aliphatic carbocycles. The fourth-order valence-electron chi connectivity index (χ4n) is 4.65.